The molecule has 10 heteroatoms. The SMILES string of the molecule is COCCC(=O)Nc1c(C(=O)OC)n(CCc2c[nH]c3ccccc23)c2ncc(N[C@@H](C)Cc3ccc(F)cc3)cc12. The lowest BCUT2D eigenvalue weighted by Gasteiger charge is -2.15. The second-order valence-corrected chi connectivity index (χ2v) is 10.2. The minimum absolute atomic E-state index is 0.00140. The molecule has 0 aliphatic carbocycles. The van der Waals surface area contributed by atoms with Crippen LogP contribution < -0.4 is 10.6 Å². The van der Waals surface area contributed by atoms with E-state index in [4.69, 9.17) is 14.5 Å². The van der Waals surface area contributed by atoms with E-state index in [1.54, 1.807) is 22.9 Å². The summed E-state index contributed by atoms with van der Waals surface area (Å²) in [6, 6.07) is 16.3. The lowest BCUT2D eigenvalue weighted by Crippen LogP contribution is -2.18. The highest BCUT2D eigenvalue weighted by molar-refractivity contribution is 6.11. The highest BCUT2D eigenvalue weighted by Crippen LogP contribution is 2.33. The Balaban J connectivity index is 1.51. The van der Waals surface area contributed by atoms with Gasteiger partial charge in [-0.05, 0) is 55.2 Å². The number of hydrogen-bond donors (Lipinski definition) is 3. The van der Waals surface area contributed by atoms with Crippen molar-refractivity contribution in [3.63, 3.8) is 0 Å². The third kappa shape index (κ3) is 6.28. The number of aromatic amines is 1. The first-order valence-electron chi connectivity index (χ1n) is 13.8. The Labute approximate surface area is 243 Å². The number of amides is 1. The molecular formula is C32H34FN5O4. The molecule has 0 saturated heterocycles. The molecule has 0 radical (unpaired) electrons. The maximum Gasteiger partial charge on any atom is 0.356 e. The molecule has 218 valence electrons. The van der Waals surface area contributed by atoms with E-state index < -0.39 is 5.97 Å². The van der Waals surface area contributed by atoms with Crippen LogP contribution in [0.15, 0.2) is 67.0 Å². The molecule has 9 nitrogen and oxygen atoms in total. The molecule has 3 aromatic heterocycles. The van der Waals surface area contributed by atoms with Crippen molar-refractivity contribution < 1.29 is 23.5 Å². The summed E-state index contributed by atoms with van der Waals surface area (Å²) >= 11 is 0. The molecule has 0 bridgehead atoms. The van der Waals surface area contributed by atoms with Crippen molar-refractivity contribution >= 4 is 45.2 Å². The molecule has 0 aliphatic rings. The summed E-state index contributed by atoms with van der Waals surface area (Å²) in [4.78, 5) is 34.1. The van der Waals surface area contributed by atoms with Crippen LogP contribution in [-0.2, 0) is 33.7 Å². The van der Waals surface area contributed by atoms with Crippen molar-refractivity contribution in [2.75, 3.05) is 31.5 Å². The van der Waals surface area contributed by atoms with E-state index in [-0.39, 0.29) is 36.5 Å². The summed E-state index contributed by atoms with van der Waals surface area (Å²) in [7, 11) is 2.84. The molecule has 0 aliphatic heterocycles. The highest BCUT2D eigenvalue weighted by atomic mass is 19.1. The number of H-pyrrole nitrogens is 1. The second kappa shape index (κ2) is 12.9. The van der Waals surface area contributed by atoms with Gasteiger partial charge in [0, 0.05) is 42.2 Å². The van der Waals surface area contributed by atoms with Crippen LogP contribution in [0.2, 0.25) is 0 Å². The third-order valence-electron chi connectivity index (χ3n) is 7.22. The van der Waals surface area contributed by atoms with Gasteiger partial charge in [0.2, 0.25) is 5.91 Å². The van der Waals surface area contributed by atoms with Gasteiger partial charge in [0.05, 0.1) is 37.7 Å². The van der Waals surface area contributed by atoms with Gasteiger partial charge >= 0.3 is 5.97 Å². The zero-order valence-electron chi connectivity index (χ0n) is 23.9. The number of aromatic nitrogens is 3. The number of halogens is 1. The van der Waals surface area contributed by atoms with Gasteiger partial charge in [0.1, 0.15) is 11.5 Å². The number of fused-ring (bicyclic) bond motifs is 2. The molecule has 42 heavy (non-hydrogen) atoms. The van der Waals surface area contributed by atoms with Crippen molar-refractivity contribution in [1.82, 2.24) is 14.5 Å². The first-order valence-corrected chi connectivity index (χ1v) is 13.8. The predicted molar refractivity (Wildman–Crippen MR) is 161 cm³/mol. The van der Waals surface area contributed by atoms with E-state index in [9.17, 15) is 14.0 Å². The van der Waals surface area contributed by atoms with Crippen LogP contribution >= 0.6 is 0 Å². The summed E-state index contributed by atoms with van der Waals surface area (Å²) in [6.07, 6.45) is 5.09. The average Bonchev–Trinajstić information content (AvgIpc) is 3.54. The number of ether oxygens (including phenoxy) is 2. The van der Waals surface area contributed by atoms with Crippen LogP contribution in [0.3, 0.4) is 0 Å². The van der Waals surface area contributed by atoms with E-state index in [1.807, 2.05) is 37.4 Å². The van der Waals surface area contributed by atoms with Crippen molar-refractivity contribution in [1.29, 1.82) is 0 Å². The van der Waals surface area contributed by atoms with Crippen LogP contribution in [0.4, 0.5) is 15.8 Å². The van der Waals surface area contributed by atoms with E-state index in [1.165, 1.54) is 26.4 Å². The number of benzene rings is 2. The zero-order chi connectivity index (χ0) is 29.6. The molecule has 0 fully saturated rings. The Kier molecular flexibility index (Phi) is 8.83. The molecule has 1 atom stereocenters. The van der Waals surface area contributed by atoms with Crippen molar-refractivity contribution in [2.24, 2.45) is 0 Å². The Bertz CT molecular complexity index is 1710. The lowest BCUT2D eigenvalue weighted by molar-refractivity contribution is -0.117. The fourth-order valence-electron chi connectivity index (χ4n) is 5.23. The van der Waals surface area contributed by atoms with E-state index in [0.29, 0.717) is 36.1 Å². The topological polar surface area (TPSA) is 110 Å². The summed E-state index contributed by atoms with van der Waals surface area (Å²) in [5.41, 5.74) is 4.97. The van der Waals surface area contributed by atoms with Gasteiger partial charge in [-0.2, -0.15) is 0 Å². The maximum atomic E-state index is 13.3. The van der Waals surface area contributed by atoms with Gasteiger partial charge in [0.25, 0.3) is 0 Å². The number of nitrogens with zero attached hydrogens (tertiary/aromatic N) is 2. The van der Waals surface area contributed by atoms with E-state index >= 15 is 0 Å². The predicted octanol–water partition coefficient (Wildman–Crippen LogP) is 5.70. The first kappa shape index (κ1) is 28.8. The largest absolute Gasteiger partial charge is 0.464 e. The van der Waals surface area contributed by atoms with Crippen LogP contribution in [0.25, 0.3) is 21.9 Å². The fourth-order valence-corrected chi connectivity index (χ4v) is 5.23. The molecule has 5 aromatic rings. The number of esters is 1. The van der Waals surface area contributed by atoms with Crippen LogP contribution in [-0.4, -0.2) is 53.3 Å². The van der Waals surface area contributed by atoms with Gasteiger partial charge in [-0.25, -0.2) is 14.2 Å². The number of nitrogens with one attached hydrogen (secondary N) is 3. The van der Waals surface area contributed by atoms with Gasteiger partial charge in [-0.1, -0.05) is 30.3 Å². The summed E-state index contributed by atoms with van der Waals surface area (Å²) in [5.74, 6) is -1.14. The highest BCUT2D eigenvalue weighted by Gasteiger charge is 2.26. The molecule has 3 heterocycles. The van der Waals surface area contributed by atoms with Gasteiger partial charge < -0.3 is 29.7 Å². The molecule has 0 unspecified atom stereocenters. The van der Waals surface area contributed by atoms with Crippen LogP contribution in [0, 0.1) is 5.82 Å². The third-order valence-corrected chi connectivity index (χ3v) is 7.22. The molecule has 0 spiro atoms. The molecule has 3 N–H and O–H groups in total. The van der Waals surface area contributed by atoms with Gasteiger partial charge in [-0.15, -0.1) is 0 Å². The number of pyridine rings is 1. The molecule has 2 aromatic carbocycles. The van der Waals surface area contributed by atoms with Crippen molar-refractivity contribution in [2.45, 2.75) is 38.8 Å². The Morgan fingerprint density at radius 3 is 2.64 bits per heavy atom. The van der Waals surface area contributed by atoms with E-state index in [0.717, 1.165) is 27.7 Å². The number of carbonyl (C=O) groups excluding carboxylic acids is 2. The summed E-state index contributed by atoms with van der Waals surface area (Å²) < 4.78 is 25.4. The van der Waals surface area contributed by atoms with Gasteiger partial charge in [-0.3, -0.25) is 4.79 Å². The number of para-hydroxylation sites is 1. The number of aryl methyl sites for hydroxylation is 2. The molecule has 1 amide bonds. The summed E-state index contributed by atoms with van der Waals surface area (Å²) in [6.45, 7) is 2.69. The number of rotatable bonds is 12. The Morgan fingerprint density at radius 1 is 1.10 bits per heavy atom. The second-order valence-electron chi connectivity index (χ2n) is 10.2. The minimum atomic E-state index is -0.576. The Hall–Kier alpha value is -4.70. The number of anilines is 2. The quantitative estimate of drug-likeness (QED) is 0.166. The first-order chi connectivity index (χ1) is 20.4. The van der Waals surface area contributed by atoms with Crippen molar-refractivity contribution in [3.05, 3.63) is 89.6 Å². The molecule has 5 rings (SSSR count). The molecule has 0 saturated carbocycles. The number of methoxy groups -OCH3 is 2. The Morgan fingerprint density at radius 2 is 1.88 bits per heavy atom. The molecular weight excluding hydrogens is 537 g/mol. The van der Waals surface area contributed by atoms with Crippen molar-refractivity contribution in [3.8, 4) is 0 Å². The summed E-state index contributed by atoms with van der Waals surface area (Å²) in [5, 5.41) is 8.08. The maximum absolute atomic E-state index is 13.3. The van der Waals surface area contributed by atoms with E-state index in [2.05, 4.69) is 21.7 Å². The normalized spacial score (nSPS) is 12.0. The number of hydrogen-bond acceptors (Lipinski definition) is 6. The van der Waals surface area contributed by atoms with Crippen LogP contribution in [0.1, 0.15) is 35.0 Å². The minimum Gasteiger partial charge on any atom is -0.464 e. The standard InChI is InChI=1S/C32H34FN5O4/c1-20(16-21-8-10-23(33)11-9-21)36-24-17-26-29(37-28(39)13-15-41-2)30(32(40)42-3)38(31(26)35-19-24)14-12-22-18-34-27-7-5-4-6-25(22)27/h4-11,17-20,34,36H,12-16H2,1-3H3,(H,37,39)/t20-/m0/s1. The lowest BCUT2D eigenvalue weighted by atomic mass is 10.1. The fraction of sp³-hybridized carbons (Fsp3) is 0.281. The zero-order valence-corrected chi connectivity index (χ0v) is 23.9. The van der Waals surface area contributed by atoms with Crippen LogP contribution in [0.5, 0.6) is 0 Å². The average molecular weight is 572 g/mol. The number of carbonyl (C=O) groups is 2. The monoisotopic (exact) mass is 571 g/mol. The smallest absolute Gasteiger partial charge is 0.356 e. The van der Waals surface area contributed by atoms with Gasteiger partial charge in [0.15, 0.2) is 5.69 Å².